The number of aromatic nitrogens is 2. The standard InChI is InChI=1S/C12H13N3O2S/c1-2-8-6-14-10(18-8)7-15-12(17)11-9(16)4-3-5-13-11/h3-6,16H,2,7H2,1H3,(H,15,17). The maximum absolute atomic E-state index is 11.8. The summed E-state index contributed by atoms with van der Waals surface area (Å²) in [7, 11) is 0. The minimum Gasteiger partial charge on any atom is -0.505 e. The predicted molar refractivity (Wildman–Crippen MR) is 68.6 cm³/mol. The SMILES string of the molecule is CCc1cnc(CNC(=O)c2ncccc2O)s1. The number of pyridine rings is 1. The van der Waals surface area contributed by atoms with Gasteiger partial charge >= 0.3 is 0 Å². The topological polar surface area (TPSA) is 75.1 Å². The van der Waals surface area contributed by atoms with Gasteiger partial charge in [-0.2, -0.15) is 0 Å². The Bertz CT molecular complexity index is 554. The quantitative estimate of drug-likeness (QED) is 0.881. The lowest BCUT2D eigenvalue weighted by Gasteiger charge is -2.03. The summed E-state index contributed by atoms with van der Waals surface area (Å²) in [6.45, 7) is 2.40. The van der Waals surface area contributed by atoms with Crippen LogP contribution in [0.5, 0.6) is 5.75 Å². The number of aryl methyl sites for hydroxylation is 1. The third kappa shape index (κ3) is 2.84. The first-order chi connectivity index (χ1) is 8.70. The minimum absolute atomic E-state index is 0.0322. The number of hydrogen-bond donors (Lipinski definition) is 2. The van der Waals surface area contributed by atoms with Gasteiger partial charge in [0.2, 0.25) is 0 Å². The average Bonchev–Trinajstić information content (AvgIpc) is 2.84. The summed E-state index contributed by atoms with van der Waals surface area (Å²) in [5.74, 6) is -0.523. The number of amides is 1. The summed E-state index contributed by atoms with van der Waals surface area (Å²) in [5.41, 5.74) is 0.0322. The molecule has 2 aromatic heterocycles. The molecule has 0 unspecified atom stereocenters. The van der Waals surface area contributed by atoms with E-state index in [1.54, 1.807) is 17.4 Å². The highest BCUT2D eigenvalue weighted by Gasteiger charge is 2.12. The third-order valence-electron chi connectivity index (χ3n) is 2.35. The molecule has 0 bridgehead atoms. The third-order valence-corrected chi connectivity index (χ3v) is 3.49. The number of aromatic hydroxyl groups is 1. The molecule has 0 aliphatic rings. The van der Waals surface area contributed by atoms with Gasteiger partial charge in [-0.3, -0.25) is 4.79 Å². The first-order valence-corrected chi connectivity index (χ1v) is 6.38. The Hall–Kier alpha value is -1.95. The van der Waals surface area contributed by atoms with E-state index in [9.17, 15) is 9.90 Å². The van der Waals surface area contributed by atoms with E-state index in [1.807, 2.05) is 6.20 Å². The monoisotopic (exact) mass is 263 g/mol. The summed E-state index contributed by atoms with van der Waals surface area (Å²) in [4.78, 5) is 21.0. The highest BCUT2D eigenvalue weighted by Crippen LogP contribution is 2.14. The van der Waals surface area contributed by atoms with Crippen LogP contribution in [-0.2, 0) is 13.0 Å². The van der Waals surface area contributed by atoms with Crippen molar-refractivity contribution >= 4 is 17.2 Å². The molecule has 2 N–H and O–H groups in total. The van der Waals surface area contributed by atoms with E-state index in [-0.39, 0.29) is 11.4 Å². The molecule has 0 spiro atoms. The van der Waals surface area contributed by atoms with E-state index in [0.29, 0.717) is 6.54 Å². The second-order valence-corrected chi connectivity index (χ2v) is 4.83. The lowest BCUT2D eigenvalue weighted by Crippen LogP contribution is -2.23. The number of thiazole rings is 1. The van der Waals surface area contributed by atoms with E-state index in [1.165, 1.54) is 17.1 Å². The number of carbonyl (C=O) groups is 1. The summed E-state index contributed by atoms with van der Waals surface area (Å²) >= 11 is 1.57. The van der Waals surface area contributed by atoms with Crippen LogP contribution in [0.15, 0.2) is 24.5 Å². The molecule has 0 radical (unpaired) electrons. The fourth-order valence-corrected chi connectivity index (χ4v) is 2.21. The van der Waals surface area contributed by atoms with Crippen LogP contribution >= 0.6 is 11.3 Å². The van der Waals surface area contributed by atoms with Crippen molar-refractivity contribution < 1.29 is 9.90 Å². The van der Waals surface area contributed by atoms with E-state index in [2.05, 4.69) is 22.2 Å². The molecular weight excluding hydrogens is 250 g/mol. The van der Waals surface area contributed by atoms with Crippen molar-refractivity contribution in [2.45, 2.75) is 19.9 Å². The maximum atomic E-state index is 11.8. The first kappa shape index (κ1) is 12.5. The van der Waals surface area contributed by atoms with Gasteiger partial charge in [-0.15, -0.1) is 11.3 Å². The van der Waals surface area contributed by atoms with Gasteiger partial charge in [-0.05, 0) is 18.6 Å². The fourth-order valence-electron chi connectivity index (χ4n) is 1.40. The zero-order valence-corrected chi connectivity index (χ0v) is 10.7. The van der Waals surface area contributed by atoms with Crippen molar-refractivity contribution in [3.63, 3.8) is 0 Å². The zero-order valence-electron chi connectivity index (χ0n) is 9.88. The number of nitrogens with zero attached hydrogens (tertiary/aromatic N) is 2. The second-order valence-electron chi connectivity index (χ2n) is 3.63. The molecule has 18 heavy (non-hydrogen) atoms. The van der Waals surface area contributed by atoms with E-state index >= 15 is 0 Å². The minimum atomic E-state index is -0.402. The van der Waals surface area contributed by atoms with Gasteiger partial charge in [0.05, 0.1) is 6.54 Å². The molecule has 0 aliphatic carbocycles. The highest BCUT2D eigenvalue weighted by atomic mass is 32.1. The van der Waals surface area contributed by atoms with E-state index < -0.39 is 5.91 Å². The Kier molecular flexibility index (Phi) is 3.88. The molecule has 0 fully saturated rings. The Labute approximate surface area is 109 Å². The largest absolute Gasteiger partial charge is 0.505 e. The van der Waals surface area contributed by atoms with Crippen molar-refractivity contribution in [2.75, 3.05) is 0 Å². The van der Waals surface area contributed by atoms with Crippen molar-refractivity contribution in [1.82, 2.24) is 15.3 Å². The molecule has 0 saturated carbocycles. The van der Waals surface area contributed by atoms with Gasteiger partial charge in [0, 0.05) is 17.3 Å². The molecular formula is C12H13N3O2S. The van der Waals surface area contributed by atoms with Crippen LogP contribution in [0, 0.1) is 0 Å². The van der Waals surface area contributed by atoms with Crippen LogP contribution in [0.25, 0.3) is 0 Å². The molecule has 0 aromatic carbocycles. The molecule has 0 atom stereocenters. The van der Waals surface area contributed by atoms with Gasteiger partial charge in [-0.25, -0.2) is 9.97 Å². The molecule has 5 nitrogen and oxygen atoms in total. The van der Waals surface area contributed by atoms with Gasteiger partial charge in [-0.1, -0.05) is 6.92 Å². The molecule has 1 amide bonds. The molecule has 2 rings (SSSR count). The lowest BCUT2D eigenvalue weighted by atomic mass is 10.3. The Morgan fingerprint density at radius 1 is 1.50 bits per heavy atom. The number of nitrogens with one attached hydrogen (secondary N) is 1. The van der Waals surface area contributed by atoms with Crippen LogP contribution in [0.3, 0.4) is 0 Å². The van der Waals surface area contributed by atoms with Crippen LogP contribution in [0.1, 0.15) is 27.3 Å². The normalized spacial score (nSPS) is 10.3. The van der Waals surface area contributed by atoms with E-state index in [4.69, 9.17) is 0 Å². The number of carbonyl (C=O) groups excluding carboxylic acids is 1. The summed E-state index contributed by atoms with van der Waals surface area (Å²) < 4.78 is 0. The zero-order chi connectivity index (χ0) is 13.0. The number of rotatable bonds is 4. The van der Waals surface area contributed by atoms with Crippen LogP contribution in [0.4, 0.5) is 0 Å². The van der Waals surface area contributed by atoms with Crippen molar-refractivity contribution in [3.8, 4) is 5.75 Å². The molecule has 0 saturated heterocycles. The Morgan fingerprint density at radius 3 is 3.00 bits per heavy atom. The maximum Gasteiger partial charge on any atom is 0.274 e. The highest BCUT2D eigenvalue weighted by molar-refractivity contribution is 7.11. The average molecular weight is 263 g/mol. The van der Waals surface area contributed by atoms with Gasteiger partial charge in [0.25, 0.3) is 5.91 Å². The summed E-state index contributed by atoms with van der Waals surface area (Å²) in [5, 5.41) is 13.0. The first-order valence-electron chi connectivity index (χ1n) is 5.56. The van der Waals surface area contributed by atoms with Crippen LogP contribution in [0.2, 0.25) is 0 Å². The molecule has 2 heterocycles. The number of hydrogen-bond acceptors (Lipinski definition) is 5. The fraction of sp³-hybridized carbons (Fsp3) is 0.250. The Morgan fingerprint density at radius 2 is 2.33 bits per heavy atom. The van der Waals surface area contributed by atoms with E-state index in [0.717, 1.165) is 11.4 Å². The van der Waals surface area contributed by atoms with Gasteiger partial charge < -0.3 is 10.4 Å². The van der Waals surface area contributed by atoms with Crippen molar-refractivity contribution in [1.29, 1.82) is 0 Å². The summed E-state index contributed by atoms with van der Waals surface area (Å²) in [6.07, 6.45) is 4.21. The van der Waals surface area contributed by atoms with Crippen molar-refractivity contribution in [3.05, 3.63) is 40.1 Å². The van der Waals surface area contributed by atoms with Crippen molar-refractivity contribution in [2.24, 2.45) is 0 Å². The van der Waals surface area contributed by atoms with Gasteiger partial charge in [0.15, 0.2) is 5.69 Å². The Balaban J connectivity index is 1.98. The molecule has 6 heteroatoms. The smallest absolute Gasteiger partial charge is 0.274 e. The van der Waals surface area contributed by atoms with Crippen LogP contribution in [-0.4, -0.2) is 21.0 Å². The molecule has 2 aromatic rings. The predicted octanol–water partition coefficient (Wildman–Crippen LogP) is 1.74. The van der Waals surface area contributed by atoms with Gasteiger partial charge in [0.1, 0.15) is 10.8 Å². The second kappa shape index (κ2) is 5.59. The lowest BCUT2D eigenvalue weighted by molar-refractivity contribution is 0.0943. The molecule has 94 valence electrons. The summed E-state index contributed by atoms with van der Waals surface area (Å²) in [6, 6.07) is 3.00. The van der Waals surface area contributed by atoms with Crippen LogP contribution < -0.4 is 5.32 Å². The molecule has 0 aliphatic heterocycles.